The van der Waals surface area contributed by atoms with E-state index in [1.54, 1.807) is 17.8 Å². The van der Waals surface area contributed by atoms with E-state index in [-0.39, 0.29) is 5.25 Å². The van der Waals surface area contributed by atoms with Gasteiger partial charge in [-0.05, 0) is 36.8 Å². The van der Waals surface area contributed by atoms with E-state index in [1.165, 1.54) is 12.1 Å². The lowest BCUT2D eigenvalue weighted by Gasteiger charge is -2.45. The number of thioether (sulfide) groups is 1. The zero-order valence-corrected chi connectivity index (χ0v) is 11.6. The molecule has 19 heavy (non-hydrogen) atoms. The average molecular weight is 280 g/mol. The highest BCUT2D eigenvalue weighted by atomic mass is 32.2. The van der Waals surface area contributed by atoms with Crippen LogP contribution in [0.15, 0.2) is 18.2 Å². The van der Waals surface area contributed by atoms with Crippen molar-refractivity contribution in [3.8, 4) is 6.07 Å². The van der Waals surface area contributed by atoms with E-state index in [2.05, 4.69) is 12.2 Å². The van der Waals surface area contributed by atoms with Crippen LogP contribution in [0.1, 0.15) is 25.3 Å². The van der Waals surface area contributed by atoms with Crippen LogP contribution in [0.5, 0.6) is 0 Å². The monoisotopic (exact) mass is 280 g/mol. The molecule has 0 bridgehead atoms. The van der Waals surface area contributed by atoms with E-state index in [1.807, 2.05) is 6.07 Å². The molecule has 1 saturated carbocycles. The minimum absolute atomic E-state index is 0.228. The van der Waals surface area contributed by atoms with E-state index in [0.717, 1.165) is 18.6 Å². The van der Waals surface area contributed by atoms with Crippen molar-refractivity contribution >= 4 is 17.4 Å². The van der Waals surface area contributed by atoms with Gasteiger partial charge in [-0.3, -0.25) is 0 Å². The van der Waals surface area contributed by atoms with Gasteiger partial charge in [-0.25, -0.2) is 4.39 Å². The van der Waals surface area contributed by atoms with Gasteiger partial charge < -0.3 is 10.4 Å². The highest BCUT2D eigenvalue weighted by Gasteiger charge is 2.44. The van der Waals surface area contributed by atoms with Crippen LogP contribution in [0.4, 0.5) is 10.1 Å². The molecular formula is C14H17FN2OS. The van der Waals surface area contributed by atoms with Gasteiger partial charge in [0, 0.05) is 11.8 Å². The van der Waals surface area contributed by atoms with Crippen LogP contribution in [0.25, 0.3) is 0 Å². The highest BCUT2D eigenvalue weighted by molar-refractivity contribution is 8.00. The molecule has 0 aromatic heterocycles. The first-order valence-corrected chi connectivity index (χ1v) is 7.41. The van der Waals surface area contributed by atoms with E-state index >= 15 is 0 Å². The molecule has 5 heteroatoms. The summed E-state index contributed by atoms with van der Waals surface area (Å²) in [5, 5.41) is 22.2. The molecule has 0 spiro atoms. The van der Waals surface area contributed by atoms with Gasteiger partial charge in [-0.1, -0.05) is 6.92 Å². The number of hydrogen-bond donors (Lipinski definition) is 2. The van der Waals surface area contributed by atoms with Crippen molar-refractivity contribution in [2.24, 2.45) is 0 Å². The van der Waals surface area contributed by atoms with E-state index in [4.69, 9.17) is 5.26 Å². The number of rotatable bonds is 5. The Kier molecular flexibility index (Phi) is 4.33. The van der Waals surface area contributed by atoms with Crippen LogP contribution in [0.3, 0.4) is 0 Å². The maximum Gasteiger partial charge on any atom is 0.147 e. The van der Waals surface area contributed by atoms with Crippen LogP contribution in [-0.2, 0) is 0 Å². The number of halogens is 1. The van der Waals surface area contributed by atoms with Crippen LogP contribution in [-0.4, -0.2) is 28.3 Å². The molecule has 2 atom stereocenters. The lowest BCUT2D eigenvalue weighted by Crippen LogP contribution is -2.54. The first-order valence-electron chi connectivity index (χ1n) is 6.36. The number of benzene rings is 1. The van der Waals surface area contributed by atoms with Crippen LogP contribution < -0.4 is 5.32 Å². The van der Waals surface area contributed by atoms with Crippen molar-refractivity contribution in [2.45, 2.75) is 30.6 Å². The summed E-state index contributed by atoms with van der Waals surface area (Å²) in [5.74, 6) is 0.514. The fourth-order valence-corrected chi connectivity index (χ4v) is 3.41. The predicted octanol–water partition coefficient (Wildman–Crippen LogP) is 2.76. The molecule has 2 unspecified atom stereocenters. The molecule has 102 valence electrons. The predicted molar refractivity (Wildman–Crippen MR) is 75.7 cm³/mol. The fraction of sp³-hybridized carbons (Fsp3) is 0.500. The Labute approximate surface area is 116 Å². The molecule has 0 heterocycles. The third-order valence-corrected chi connectivity index (χ3v) is 4.90. The second-order valence-electron chi connectivity index (χ2n) is 4.75. The van der Waals surface area contributed by atoms with Gasteiger partial charge >= 0.3 is 0 Å². The van der Waals surface area contributed by atoms with Gasteiger partial charge in [0.1, 0.15) is 5.82 Å². The summed E-state index contributed by atoms with van der Waals surface area (Å²) in [4.78, 5) is 0. The van der Waals surface area contributed by atoms with Gasteiger partial charge in [0.2, 0.25) is 0 Å². The molecule has 1 aliphatic rings. The van der Waals surface area contributed by atoms with Gasteiger partial charge in [0.15, 0.2) is 0 Å². The van der Waals surface area contributed by atoms with E-state index < -0.39 is 11.4 Å². The Morgan fingerprint density at radius 2 is 2.42 bits per heavy atom. The third-order valence-electron chi connectivity index (χ3n) is 3.49. The molecule has 2 N–H and O–H groups in total. The third kappa shape index (κ3) is 3.02. The second kappa shape index (κ2) is 5.81. The molecule has 1 aromatic carbocycles. The Bertz CT molecular complexity index is 503. The molecule has 0 aliphatic heterocycles. The Hall–Kier alpha value is -1.25. The maximum absolute atomic E-state index is 13.7. The highest BCUT2D eigenvalue weighted by Crippen LogP contribution is 2.41. The Balaban J connectivity index is 1.97. The molecule has 1 fully saturated rings. The Morgan fingerprint density at radius 1 is 1.63 bits per heavy atom. The minimum Gasteiger partial charge on any atom is -0.387 e. The number of aliphatic hydroxyl groups is 1. The summed E-state index contributed by atoms with van der Waals surface area (Å²) in [5.41, 5.74) is -0.120. The zero-order valence-electron chi connectivity index (χ0n) is 10.8. The first-order chi connectivity index (χ1) is 9.09. The average Bonchev–Trinajstić information content (AvgIpc) is 2.41. The molecule has 3 nitrogen and oxygen atoms in total. The maximum atomic E-state index is 13.7. The first kappa shape index (κ1) is 14.2. The molecular weight excluding hydrogens is 263 g/mol. The number of nitrogens with one attached hydrogen (secondary N) is 1. The minimum atomic E-state index is -0.749. The van der Waals surface area contributed by atoms with E-state index in [0.29, 0.717) is 17.8 Å². The largest absolute Gasteiger partial charge is 0.387 e. The zero-order chi connectivity index (χ0) is 13.9. The molecule has 0 radical (unpaired) electrons. The molecule has 0 saturated heterocycles. The van der Waals surface area contributed by atoms with Crippen molar-refractivity contribution < 1.29 is 9.50 Å². The van der Waals surface area contributed by atoms with Gasteiger partial charge in [0.25, 0.3) is 0 Å². The van der Waals surface area contributed by atoms with Crippen LogP contribution in [0.2, 0.25) is 0 Å². The standard InChI is InChI=1S/C14H17FN2OS/c1-2-19-13-5-6-14(13,18)9-17-12-4-3-10(8-16)7-11(12)15/h3-4,7,13,17-18H,2,5-6,9H2,1H3. The molecule has 0 amide bonds. The summed E-state index contributed by atoms with van der Waals surface area (Å²) >= 11 is 1.74. The van der Waals surface area contributed by atoms with Gasteiger partial charge in [-0.2, -0.15) is 17.0 Å². The molecule has 2 rings (SSSR count). The van der Waals surface area contributed by atoms with Crippen molar-refractivity contribution in [2.75, 3.05) is 17.6 Å². The van der Waals surface area contributed by atoms with Crippen molar-refractivity contribution in [3.05, 3.63) is 29.6 Å². The lowest BCUT2D eigenvalue weighted by atomic mass is 9.79. The van der Waals surface area contributed by atoms with Crippen molar-refractivity contribution in [1.29, 1.82) is 5.26 Å². The second-order valence-corrected chi connectivity index (χ2v) is 6.23. The lowest BCUT2D eigenvalue weighted by molar-refractivity contribution is -0.0120. The number of hydrogen-bond acceptors (Lipinski definition) is 4. The summed E-state index contributed by atoms with van der Waals surface area (Å²) in [6, 6.07) is 6.20. The fourth-order valence-electron chi connectivity index (χ4n) is 2.21. The topological polar surface area (TPSA) is 56.0 Å². The van der Waals surface area contributed by atoms with Gasteiger partial charge in [0.05, 0.1) is 22.9 Å². The number of nitrogens with zero attached hydrogens (tertiary/aromatic N) is 1. The van der Waals surface area contributed by atoms with Crippen molar-refractivity contribution in [1.82, 2.24) is 0 Å². The van der Waals surface area contributed by atoms with Gasteiger partial charge in [-0.15, -0.1) is 0 Å². The summed E-state index contributed by atoms with van der Waals surface area (Å²) < 4.78 is 13.7. The smallest absolute Gasteiger partial charge is 0.147 e. The molecule has 1 aliphatic carbocycles. The van der Waals surface area contributed by atoms with Crippen LogP contribution in [0, 0.1) is 17.1 Å². The molecule has 1 aromatic rings. The normalized spacial score (nSPS) is 25.5. The summed E-state index contributed by atoms with van der Waals surface area (Å²) in [7, 11) is 0. The SMILES string of the molecule is CCSC1CCC1(O)CNc1ccc(C#N)cc1F. The summed E-state index contributed by atoms with van der Waals surface area (Å²) in [6.07, 6.45) is 1.75. The quantitative estimate of drug-likeness (QED) is 0.871. The Morgan fingerprint density at radius 3 is 2.95 bits per heavy atom. The van der Waals surface area contributed by atoms with E-state index in [9.17, 15) is 9.50 Å². The number of nitriles is 1. The van der Waals surface area contributed by atoms with Crippen molar-refractivity contribution in [3.63, 3.8) is 0 Å². The summed E-state index contributed by atoms with van der Waals surface area (Å²) in [6.45, 7) is 2.41. The number of anilines is 1. The van der Waals surface area contributed by atoms with Crippen LogP contribution >= 0.6 is 11.8 Å².